The molecule has 4 heteroatoms. The van der Waals surface area contributed by atoms with Crippen LogP contribution in [0.1, 0.15) is 104 Å². The molecular weight excluding hydrogens is 436 g/mol. The first kappa shape index (κ1) is 27.3. The zero-order valence-corrected chi connectivity index (χ0v) is 24.0. The largest absolute Gasteiger partial charge is 0.496 e. The Kier molecular flexibility index (Phi) is 8.93. The summed E-state index contributed by atoms with van der Waals surface area (Å²) in [6.07, 6.45) is 5.80. The molecule has 31 heavy (non-hydrogen) atoms. The van der Waals surface area contributed by atoms with Gasteiger partial charge in [-0.2, -0.15) is 37.0 Å². The van der Waals surface area contributed by atoms with E-state index in [-0.39, 0.29) is 20.3 Å². The smallest absolute Gasteiger partial charge is 0.126 e. The van der Waals surface area contributed by atoms with Crippen LogP contribution in [-0.2, 0) is 16.6 Å². The third-order valence-corrected chi connectivity index (χ3v) is 8.68. The number of methoxy groups -OCH3 is 1. The van der Waals surface area contributed by atoms with E-state index >= 15 is 0 Å². The van der Waals surface area contributed by atoms with Crippen LogP contribution in [0.4, 0.5) is 0 Å². The molecule has 2 bridgehead atoms. The molecule has 0 aliphatic heterocycles. The summed E-state index contributed by atoms with van der Waals surface area (Å²) in [6, 6.07) is 4.84. The standard InChI is InChI=1S/C25H40OS3.C2H6/c1-8-29-14-18-9-19(22(2,3)4)10-20(21(18)26-7)23(5)11-17-12-24(6,27)16-25(28,13-17)15-23;1-2/h9-10,17,27-28H,8,11-16H2,1-7H3;1-2H3. The Hall–Kier alpha value is 0.0700. The number of thiol groups is 2. The van der Waals surface area contributed by atoms with Crippen LogP contribution in [-0.4, -0.2) is 22.4 Å². The Morgan fingerprint density at radius 1 is 1.06 bits per heavy atom. The van der Waals surface area contributed by atoms with E-state index in [1.165, 1.54) is 36.0 Å². The van der Waals surface area contributed by atoms with Gasteiger partial charge in [0.1, 0.15) is 5.75 Å². The summed E-state index contributed by atoms with van der Waals surface area (Å²) in [5, 5.41) is 0. The van der Waals surface area contributed by atoms with Crippen LogP contribution in [0.3, 0.4) is 0 Å². The number of rotatable bonds is 5. The summed E-state index contributed by atoms with van der Waals surface area (Å²) in [4.78, 5) is 0. The van der Waals surface area contributed by atoms with Gasteiger partial charge in [-0.05, 0) is 60.2 Å². The second-order valence-electron chi connectivity index (χ2n) is 11.2. The number of hydrogen-bond donors (Lipinski definition) is 2. The molecule has 1 aromatic carbocycles. The van der Waals surface area contributed by atoms with E-state index in [1.807, 2.05) is 32.7 Å². The molecule has 4 atom stereocenters. The topological polar surface area (TPSA) is 9.23 Å². The Morgan fingerprint density at radius 2 is 1.71 bits per heavy atom. The van der Waals surface area contributed by atoms with Crippen molar-refractivity contribution in [2.24, 2.45) is 5.92 Å². The lowest BCUT2D eigenvalue weighted by molar-refractivity contribution is 0.123. The summed E-state index contributed by atoms with van der Waals surface area (Å²) < 4.78 is 6.27. The van der Waals surface area contributed by atoms with Crippen LogP contribution >= 0.6 is 37.0 Å². The lowest BCUT2D eigenvalue weighted by Gasteiger charge is -2.55. The van der Waals surface area contributed by atoms with Crippen molar-refractivity contribution < 1.29 is 4.74 Å². The van der Waals surface area contributed by atoms with Crippen molar-refractivity contribution in [3.63, 3.8) is 0 Å². The van der Waals surface area contributed by atoms with Crippen LogP contribution in [0.2, 0.25) is 0 Å². The number of ether oxygens (including phenoxy) is 1. The molecule has 0 heterocycles. The zero-order chi connectivity index (χ0) is 23.7. The Balaban J connectivity index is 0.00000166. The lowest BCUT2D eigenvalue weighted by Crippen LogP contribution is -2.51. The molecule has 0 spiro atoms. The Morgan fingerprint density at radius 3 is 2.23 bits per heavy atom. The van der Waals surface area contributed by atoms with E-state index in [0.29, 0.717) is 5.92 Å². The third kappa shape index (κ3) is 6.35. The maximum atomic E-state index is 6.10. The van der Waals surface area contributed by atoms with Crippen molar-refractivity contribution in [2.45, 2.75) is 114 Å². The summed E-state index contributed by atoms with van der Waals surface area (Å²) in [7, 11) is 1.85. The molecule has 3 rings (SSSR count). The highest BCUT2D eigenvalue weighted by atomic mass is 32.2. The molecule has 2 saturated carbocycles. The van der Waals surface area contributed by atoms with Gasteiger partial charge >= 0.3 is 0 Å². The van der Waals surface area contributed by atoms with Crippen LogP contribution in [0.5, 0.6) is 5.75 Å². The van der Waals surface area contributed by atoms with Crippen LogP contribution < -0.4 is 4.74 Å². The molecule has 0 saturated heterocycles. The lowest BCUT2D eigenvalue weighted by atomic mass is 9.56. The van der Waals surface area contributed by atoms with Crippen molar-refractivity contribution >= 4 is 37.0 Å². The first-order valence-corrected chi connectivity index (χ1v) is 14.1. The molecule has 0 aromatic heterocycles. The fourth-order valence-corrected chi connectivity index (χ4v) is 8.42. The quantitative estimate of drug-likeness (QED) is 0.407. The molecule has 1 nitrogen and oxygen atoms in total. The summed E-state index contributed by atoms with van der Waals surface area (Å²) in [6.45, 7) is 18.0. The fraction of sp³-hybridized carbons (Fsp3) is 0.778. The van der Waals surface area contributed by atoms with Gasteiger partial charge in [0.05, 0.1) is 7.11 Å². The van der Waals surface area contributed by atoms with Crippen LogP contribution in [0.25, 0.3) is 0 Å². The van der Waals surface area contributed by atoms with Gasteiger partial charge in [0.25, 0.3) is 0 Å². The fourth-order valence-electron chi connectivity index (χ4n) is 6.13. The van der Waals surface area contributed by atoms with Gasteiger partial charge in [0.2, 0.25) is 0 Å². The van der Waals surface area contributed by atoms with Crippen LogP contribution in [0, 0.1) is 5.92 Å². The highest BCUT2D eigenvalue weighted by Gasteiger charge is 2.52. The number of fused-ring (bicyclic) bond motifs is 2. The summed E-state index contributed by atoms with van der Waals surface area (Å²) in [5.74, 6) is 3.93. The minimum Gasteiger partial charge on any atom is -0.496 e. The van der Waals surface area contributed by atoms with Gasteiger partial charge in [0, 0.05) is 26.4 Å². The van der Waals surface area contributed by atoms with E-state index in [2.05, 4.69) is 53.7 Å². The zero-order valence-electron chi connectivity index (χ0n) is 21.4. The van der Waals surface area contributed by atoms with E-state index in [1.54, 1.807) is 0 Å². The first-order chi connectivity index (χ1) is 14.3. The van der Waals surface area contributed by atoms with E-state index in [4.69, 9.17) is 30.0 Å². The highest BCUT2D eigenvalue weighted by Crippen LogP contribution is 2.59. The SMILES string of the molecule is CC.CCSCc1cc(C(C)(C)C)cc(C2(C)CC3CC(C)(S)CC(S)(C3)C2)c1OC. The third-order valence-electron chi connectivity index (χ3n) is 6.91. The minimum absolute atomic E-state index is 0.0630. The second kappa shape index (κ2) is 10.1. The minimum atomic E-state index is 0.0630. The number of thioether (sulfide) groups is 1. The van der Waals surface area contributed by atoms with E-state index < -0.39 is 0 Å². The molecule has 0 amide bonds. The van der Waals surface area contributed by atoms with Crippen molar-refractivity contribution in [2.75, 3.05) is 12.9 Å². The van der Waals surface area contributed by atoms with Gasteiger partial charge in [-0.1, -0.05) is 67.5 Å². The monoisotopic (exact) mass is 482 g/mol. The molecule has 0 N–H and O–H groups in total. The molecule has 4 unspecified atom stereocenters. The number of benzene rings is 1. The molecule has 2 aliphatic rings. The molecule has 178 valence electrons. The maximum Gasteiger partial charge on any atom is 0.126 e. The van der Waals surface area contributed by atoms with Gasteiger partial charge in [-0.15, -0.1) is 0 Å². The summed E-state index contributed by atoms with van der Waals surface area (Å²) >= 11 is 12.2. The molecular formula is C27H46OS3. The highest BCUT2D eigenvalue weighted by molar-refractivity contribution is 7.98. The van der Waals surface area contributed by atoms with E-state index in [9.17, 15) is 0 Å². The molecule has 0 radical (unpaired) electrons. The number of hydrogen-bond acceptors (Lipinski definition) is 4. The van der Waals surface area contributed by atoms with Crippen molar-refractivity contribution in [1.29, 1.82) is 0 Å². The molecule has 2 fully saturated rings. The average Bonchev–Trinajstić information content (AvgIpc) is 2.63. The van der Waals surface area contributed by atoms with Crippen molar-refractivity contribution in [3.8, 4) is 5.75 Å². The van der Waals surface area contributed by atoms with E-state index in [0.717, 1.165) is 30.1 Å². The maximum absolute atomic E-state index is 6.10. The van der Waals surface area contributed by atoms with Gasteiger partial charge in [-0.3, -0.25) is 0 Å². The first-order valence-electron chi connectivity index (χ1n) is 12.1. The Labute approximate surface area is 208 Å². The molecule has 2 aliphatic carbocycles. The summed E-state index contributed by atoms with van der Waals surface area (Å²) in [5.41, 5.74) is 4.39. The van der Waals surface area contributed by atoms with Crippen molar-refractivity contribution in [3.05, 3.63) is 28.8 Å². The van der Waals surface area contributed by atoms with Gasteiger partial charge < -0.3 is 4.74 Å². The normalized spacial score (nSPS) is 32.8. The second-order valence-corrected chi connectivity index (χ2v) is 14.5. The molecule has 1 aromatic rings. The Bertz CT molecular complexity index is 750. The van der Waals surface area contributed by atoms with Gasteiger partial charge in [-0.25, -0.2) is 0 Å². The average molecular weight is 483 g/mol. The van der Waals surface area contributed by atoms with Crippen LogP contribution in [0.15, 0.2) is 12.1 Å². The predicted molar refractivity (Wildman–Crippen MR) is 148 cm³/mol. The van der Waals surface area contributed by atoms with Gasteiger partial charge in [0.15, 0.2) is 0 Å². The predicted octanol–water partition coefficient (Wildman–Crippen LogP) is 8.48. The van der Waals surface area contributed by atoms with Crippen molar-refractivity contribution in [1.82, 2.24) is 0 Å².